The third-order valence-electron chi connectivity index (χ3n) is 7.13. The predicted octanol–water partition coefficient (Wildman–Crippen LogP) is 8.68. The third kappa shape index (κ3) is 4.44. The number of fused-ring (bicyclic) bond motifs is 1. The van der Waals surface area contributed by atoms with Crippen molar-refractivity contribution in [3.63, 3.8) is 0 Å². The second-order valence-electron chi connectivity index (χ2n) is 9.03. The van der Waals surface area contributed by atoms with E-state index in [4.69, 9.17) is 0 Å². The summed E-state index contributed by atoms with van der Waals surface area (Å²) in [5.74, 6) is -0.332. The third-order valence-corrected chi connectivity index (χ3v) is 7.13. The highest BCUT2D eigenvalue weighted by molar-refractivity contribution is 5.85. The van der Waals surface area contributed by atoms with E-state index >= 15 is 0 Å². The Morgan fingerprint density at radius 3 is 2.29 bits per heavy atom. The van der Waals surface area contributed by atoms with Gasteiger partial charge >= 0.3 is 0 Å². The summed E-state index contributed by atoms with van der Waals surface area (Å²) < 4.78 is 29.9. The fourth-order valence-electron chi connectivity index (χ4n) is 5.08. The van der Waals surface area contributed by atoms with Crippen molar-refractivity contribution >= 4 is 10.8 Å². The van der Waals surface area contributed by atoms with Crippen molar-refractivity contribution in [3.8, 4) is 0 Å². The van der Waals surface area contributed by atoms with Gasteiger partial charge in [0.2, 0.25) is 0 Å². The van der Waals surface area contributed by atoms with E-state index in [1.165, 1.54) is 31.2 Å². The molecule has 1 fully saturated rings. The zero-order chi connectivity index (χ0) is 22.0. The lowest BCUT2D eigenvalue weighted by molar-refractivity contribution is 0.375. The molecule has 0 saturated heterocycles. The molecule has 1 aliphatic rings. The van der Waals surface area contributed by atoms with Crippen LogP contribution in [0.2, 0.25) is 0 Å². The van der Waals surface area contributed by atoms with Gasteiger partial charge in [-0.1, -0.05) is 62.4 Å². The number of hydrogen-bond donors (Lipinski definition) is 0. The maximum Gasteiger partial charge on any atom is 0.166 e. The summed E-state index contributed by atoms with van der Waals surface area (Å²) in [4.78, 5) is 0. The monoisotopic (exact) mass is 418 g/mol. The van der Waals surface area contributed by atoms with E-state index in [-0.39, 0.29) is 5.92 Å². The molecule has 3 aromatic rings. The van der Waals surface area contributed by atoms with Gasteiger partial charge in [-0.25, -0.2) is 8.78 Å². The van der Waals surface area contributed by atoms with Crippen LogP contribution < -0.4 is 0 Å². The maximum absolute atomic E-state index is 15.0. The molecule has 1 unspecified atom stereocenters. The second-order valence-corrected chi connectivity index (χ2v) is 9.03. The minimum absolute atomic E-state index is 0.204. The van der Waals surface area contributed by atoms with Crippen molar-refractivity contribution < 1.29 is 8.78 Å². The largest absolute Gasteiger partial charge is 0.203 e. The highest BCUT2D eigenvalue weighted by atomic mass is 19.2. The average Bonchev–Trinajstić information content (AvgIpc) is 2.81. The molecule has 162 valence electrons. The van der Waals surface area contributed by atoms with Crippen molar-refractivity contribution in [1.82, 2.24) is 0 Å². The Labute approximate surface area is 185 Å². The van der Waals surface area contributed by atoms with Gasteiger partial charge in [0.25, 0.3) is 0 Å². The number of hydrogen-bond acceptors (Lipinski definition) is 0. The lowest BCUT2D eigenvalue weighted by Crippen LogP contribution is -2.11. The van der Waals surface area contributed by atoms with Crippen LogP contribution in [0.1, 0.15) is 80.5 Å². The first-order chi connectivity index (χ1) is 15.0. The summed E-state index contributed by atoms with van der Waals surface area (Å²) in [5.41, 5.74) is 3.83. The molecule has 0 nitrogen and oxygen atoms in total. The van der Waals surface area contributed by atoms with Crippen molar-refractivity contribution in [2.45, 2.75) is 64.7 Å². The van der Waals surface area contributed by atoms with Gasteiger partial charge in [0.1, 0.15) is 0 Å². The highest BCUT2D eigenvalue weighted by Gasteiger charge is 2.22. The van der Waals surface area contributed by atoms with Crippen LogP contribution in [0.15, 0.2) is 60.7 Å². The molecular formula is C29H32F2. The van der Waals surface area contributed by atoms with E-state index < -0.39 is 11.6 Å². The minimum Gasteiger partial charge on any atom is -0.203 e. The summed E-state index contributed by atoms with van der Waals surface area (Å²) in [6.45, 7) is 6.07. The summed E-state index contributed by atoms with van der Waals surface area (Å²) >= 11 is 0. The quantitative estimate of drug-likeness (QED) is 0.364. The topological polar surface area (TPSA) is 0 Å². The van der Waals surface area contributed by atoms with Crippen LogP contribution in [0.4, 0.5) is 8.78 Å². The Balaban J connectivity index is 1.56. The van der Waals surface area contributed by atoms with Gasteiger partial charge in [-0.3, -0.25) is 0 Å². The summed E-state index contributed by atoms with van der Waals surface area (Å²) in [7, 11) is 0. The molecular weight excluding hydrogens is 386 g/mol. The van der Waals surface area contributed by atoms with E-state index in [1.54, 1.807) is 6.07 Å². The van der Waals surface area contributed by atoms with E-state index in [0.717, 1.165) is 28.9 Å². The van der Waals surface area contributed by atoms with Crippen molar-refractivity contribution in [1.29, 1.82) is 0 Å². The smallest absolute Gasteiger partial charge is 0.166 e. The molecule has 0 bridgehead atoms. The first-order valence-corrected chi connectivity index (χ1v) is 11.6. The molecule has 0 amide bonds. The number of halogens is 2. The normalized spacial score (nSPS) is 20.4. The van der Waals surface area contributed by atoms with Gasteiger partial charge < -0.3 is 0 Å². The van der Waals surface area contributed by atoms with Crippen LogP contribution in [0.5, 0.6) is 0 Å². The number of allylic oxidation sites excluding steroid dienone is 2. The number of benzene rings is 3. The summed E-state index contributed by atoms with van der Waals surface area (Å²) in [5, 5.41) is 1.13. The van der Waals surface area contributed by atoms with E-state index in [0.29, 0.717) is 16.9 Å². The SMILES string of the molecule is C/C=C/C1CCC(c2ccc(C(C)c3cc4ccc(CC)cc4c(F)c3F)cc2)CC1. The zero-order valence-corrected chi connectivity index (χ0v) is 18.8. The van der Waals surface area contributed by atoms with Crippen LogP contribution in [-0.4, -0.2) is 0 Å². The molecule has 3 aromatic carbocycles. The Morgan fingerprint density at radius 1 is 0.935 bits per heavy atom. The Hall–Kier alpha value is -2.48. The van der Waals surface area contributed by atoms with Gasteiger partial charge in [0.05, 0.1) is 0 Å². The van der Waals surface area contributed by atoms with Crippen molar-refractivity contribution in [2.75, 3.05) is 0 Å². The van der Waals surface area contributed by atoms with Gasteiger partial charge in [-0.2, -0.15) is 0 Å². The molecule has 1 saturated carbocycles. The van der Waals surface area contributed by atoms with Gasteiger partial charge in [-0.15, -0.1) is 0 Å². The van der Waals surface area contributed by atoms with E-state index in [2.05, 4.69) is 43.3 Å². The summed E-state index contributed by atoms with van der Waals surface area (Å²) in [6, 6.07) is 16.1. The fourth-order valence-corrected chi connectivity index (χ4v) is 5.08. The van der Waals surface area contributed by atoms with Crippen LogP contribution >= 0.6 is 0 Å². The lowest BCUT2D eigenvalue weighted by Gasteiger charge is -2.27. The Morgan fingerprint density at radius 2 is 1.65 bits per heavy atom. The van der Waals surface area contributed by atoms with E-state index in [9.17, 15) is 8.78 Å². The number of rotatable bonds is 5. The van der Waals surface area contributed by atoms with E-state index in [1.807, 2.05) is 32.0 Å². The first kappa shape index (κ1) is 21.7. The zero-order valence-electron chi connectivity index (χ0n) is 18.8. The standard InChI is InChI=1S/C29H32F2/c1-4-6-21-8-10-23(11-9-21)24-15-13-22(14-16-24)19(3)26-18-25-12-7-20(5-2)17-27(25)29(31)28(26)30/h4,6-7,12-19,21,23H,5,8-11H2,1-3H3/b6-4+. The molecule has 4 rings (SSSR count). The fraction of sp³-hybridized carbons (Fsp3) is 0.379. The van der Waals surface area contributed by atoms with Gasteiger partial charge in [0, 0.05) is 11.3 Å². The van der Waals surface area contributed by atoms with Crippen LogP contribution in [0.3, 0.4) is 0 Å². The van der Waals surface area contributed by atoms with Crippen molar-refractivity contribution in [3.05, 3.63) is 94.6 Å². The van der Waals surface area contributed by atoms with Crippen LogP contribution in [-0.2, 0) is 6.42 Å². The minimum atomic E-state index is -0.732. The second kappa shape index (κ2) is 9.34. The molecule has 0 aliphatic heterocycles. The molecule has 1 atom stereocenters. The van der Waals surface area contributed by atoms with Crippen LogP contribution in [0, 0.1) is 17.6 Å². The lowest BCUT2D eigenvalue weighted by atomic mass is 9.78. The molecule has 0 spiro atoms. The molecule has 31 heavy (non-hydrogen) atoms. The highest BCUT2D eigenvalue weighted by Crippen LogP contribution is 2.38. The molecule has 2 heteroatoms. The van der Waals surface area contributed by atoms with Crippen molar-refractivity contribution in [2.24, 2.45) is 5.92 Å². The predicted molar refractivity (Wildman–Crippen MR) is 127 cm³/mol. The van der Waals surface area contributed by atoms with Gasteiger partial charge in [-0.05, 0) is 90.6 Å². The maximum atomic E-state index is 15.0. The Bertz CT molecular complexity index is 1070. The molecule has 0 heterocycles. The van der Waals surface area contributed by atoms with Gasteiger partial charge in [0.15, 0.2) is 11.6 Å². The molecule has 0 N–H and O–H groups in total. The average molecular weight is 419 g/mol. The molecule has 1 aliphatic carbocycles. The molecule has 0 aromatic heterocycles. The summed E-state index contributed by atoms with van der Waals surface area (Å²) in [6.07, 6.45) is 10.2. The Kier molecular flexibility index (Phi) is 6.55. The number of aryl methyl sites for hydroxylation is 1. The van der Waals surface area contributed by atoms with Crippen LogP contribution in [0.25, 0.3) is 10.8 Å². The molecule has 0 radical (unpaired) electrons. The first-order valence-electron chi connectivity index (χ1n) is 11.6.